The van der Waals surface area contributed by atoms with Crippen molar-refractivity contribution in [3.63, 3.8) is 0 Å². The summed E-state index contributed by atoms with van der Waals surface area (Å²) >= 11 is 6.94. The van der Waals surface area contributed by atoms with E-state index >= 15 is 0 Å². The van der Waals surface area contributed by atoms with E-state index in [4.69, 9.17) is 21.8 Å². The Morgan fingerprint density at radius 2 is 1.78 bits per heavy atom. The maximum Gasteiger partial charge on any atom is 0.277 e. The molecule has 2 aromatic carbocycles. The van der Waals surface area contributed by atoms with Crippen molar-refractivity contribution in [2.75, 3.05) is 10.6 Å². The van der Waals surface area contributed by atoms with Gasteiger partial charge in [0.15, 0.2) is 0 Å². The summed E-state index contributed by atoms with van der Waals surface area (Å²) in [7, 11) is 0. The number of nitrogen functional groups attached to an aromatic ring is 1. The Hall–Kier alpha value is -2.84. The van der Waals surface area contributed by atoms with Gasteiger partial charge in [0.1, 0.15) is 5.25 Å². The van der Waals surface area contributed by atoms with Crippen LogP contribution in [0.1, 0.15) is 6.42 Å². The van der Waals surface area contributed by atoms with Gasteiger partial charge in [-0.05, 0) is 48.5 Å². The monoisotopic (exact) mass is 400 g/mol. The van der Waals surface area contributed by atoms with E-state index in [1.165, 1.54) is 0 Å². The molecule has 136 valence electrons. The molecule has 1 aliphatic heterocycles. The summed E-state index contributed by atoms with van der Waals surface area (Å²) in [6.07, 6.45) is 0.0612. The van der Waals surface area contributed by atoms with Gasteiger partial charge in [-0.25, -0.2) is 4.90 Å². The number of benzene rings is 2. The van der Waals surface area contributed by atoms with Crippen LogP contribution >= 0.6 is 23.4 Å². The van der Waals surface area contributed by atoms with Crippen molar-refractivity contribution in [2.45, 2.75) is 16.9 Å². The summed E-state index contributed by atoms with van der Waals surface area (Å²) in [6, 6.07) is 13.5. The Labute approximate surface area is 163 Å². The number of nitrogens with two attached hydrogens (primary N) is 1. The zero-order valence-corrected chi connectivity index (χ0v) is 15.4. The normalized spacial score (nSPS) is 16.9. The quantitative estimate of drug-likeness (QED) is 0.528. The smallest absolute Gasteiger partial charge is 0.277 e. The molecule has 0 saturated carbocycles. The number of rotatable bonds is 4. The van der Waals surface area contributed by atoms with Crippen LogP contribution in [0.25, 0.3) is 11.5 Å². The third-order valence-electron chi connectivity index (χ3n) is 4.00. The van der Waals surface area contributed by atoms with Gasteiger partial charge in [-0.1, -0.05) is 23.4 Å². The van der Waals surface area contributed by atoms with Gasteiger partial charge in [-0.2, -0.15) is 0 Å². The van der Waals surface area contributed by atoms with Gasteiger partial charge in [0.2, 0.25) is 17.7 Å². The molecular weight excluding hydrogens is 388 g/mol. The van der Waals surface area contributed by atoms with Crippen molar-refractivity contribution in [1.29, 1.82) is 0 Å². The second-order valence-corrected chi connectivity index (χ2v) is 7.44. The largest absolute Gasteiger partial charge is 0.411 e. The van der Waals surface area contributed by atoms with E-state index in [1.807, 2.05) is 0 Å². The lowest BCUT2D eigenvalue weighted by Gasteiger charge is -2.14. The van der Waals surface area contributed by atoms with Gasteiger partial charge >= 0.3 is 0 Å². The number of hydrogen-bond donors (Lipinski definition) is 1. The molecule has 1 fully saturated rings. The van der Waals surface area contributed by atoms with Gasteiger partial charge in [0, 0.05) is 22.7 Å². The zero-order valence-electron chi connectivity index (χ0n) is 13.8. The summed E-state index contributed by atoms with van der Waals surface area (Å²) in [5.74, 6) is -0.276. The number of hydrogen-bond acceptors (Lipinski definition) is 7. The lowest BCUT2D eigenvalue weighted by Crippen LogP contribution is -2.31. The van der Waals surface area contributed by atoms with E-state index in [0.717, 1.165) is 22.2 Å². The minimum absolute atomic E-state index is 0.0612. The van der Waals surface area contributed by atoms with Crippen molar-refractivity contribution in [1.82, 2.24) is 10.2 Å². The molecule has 0 spiro atoms. The highest BCUT2D eigenvalue weighted by Crippen LogP contribution is 2.34. The molecule has 1 saturated heterocycles. The third-order valence-corrected chi connectivity index (χ3v) is 5.27. The van der Waals surface area contributed by atoms with E-state index in [-0.39, 0.29) is 23.5 Å². The molecule has 2 N–H and O–H groups in total. The van der Waals surface area contributed by atoms with Gasteiger partial charge in [0.05, 0.1) is 5.69 Å². The minimum atomic E-state index is -0.618. The highest BCUT2D eigenvalue weighted by molar-refractivity contribution is 8.00. The number of carbonyl (C=O) groups is 2. The molecule has 1 unspecified atom stereocenters. The van der Waals surface area contributed by atoms with Crippen LogP contribution in [0.5, 0.6) is 0 Å². The first-order valence-electron chi connectivity index (χ1n) is 8.00. The molecular formula is C18H13ClN4O3S. The van der Waals surface area contributed by atoms with Crippen LogP contribution in [0.2, 0.25) is 5.02 Å². The first-order valence-corrected chi connectivity index (χ1v) is 9.25. The molecule has 1 aliphatic rings. The van der Waals surface area contributed by atoms with E-state index < -0.39 is 5.25 Å². The Kier molecular flexibility index (Phi) is 4.59. The van der Waals surface area contributed by atoms with Crippen LogP contribution in [0.4, 0.5) is 11.4 Å². The van der Waals surface area contributed by atoms with Gasteiger partial charge < -0.3 is 10.2 Å². The van der Waals surface area contributed by atoms with E-state index in [2.05, 4.69) is 10.2 Å². The minimum Gasteiger partial charge on any atom is -0.411 e. The summed E-state index contributed by atoms with van der Waals surface area (Å²) in [4.78, 5) is 26.1. The van der Waals surface area contributed by atoms with E-state index in [1.54, 1.807) is 48.5 Å². The predicted molar refractivity (Wildman–Crippen MR) is 102 cm³/mol. The summed E-state index contributed by atoms with van der Waals surface area (Å²) in [5.41, 5.74) is 7.51. The van der Waals surface area contributed by atoms with Crippen molar-refractivity contribution in [2.24, 2.45) is 0 Å². The van der Waals surface area contributed by atoms with Crippen LogP contribution in [0, 0.1) is 0 Å². The number of carbonyl (C=O) groups excluding carboxylic acids is 2. The Morgan fingerprint density at radius 3 is 2.48 bits per heavy atom. The number of anilines is 2. The van der Waals surface area contributed by atoms with Crippen LogP contribution in [-0.4, -0.2) is 27.3 Å². The van der Waals surface area contributed by atoms with E-state index in [9.17, 15) is 9.59 Å². The van der Waals surface area contributed by atoms with Crippen molar-refractivity contribution in [3.05, 3.63) is 53.6 Å². The highest BCUT2D eigenvalue weighted by atomic mass is 35.5. The molecule has 3 aromatic rings. The first kappa shape index (κ1) is 17.6. The summed E-state index contributed by atoms with van der Waals surface area (Å²) in [6.45, 7) is 0. The first-order chi connectivity index (χ1) is 13.0. The average Bonchev–Trinajstić information content (AvgIpc) is 3.22. The van der Waals surface area contributed by atoms with Crippen molar-refractivity contribution >= 4 is 46.6 Å². The highest BCUT2D eigenvalue weighted by Gasteiger charge is 2.41. The number of halogens is 1. The molecule has 4 rings (SSSR count). The topological polar surface area (TPSA) is 102 Å². The van der Waals surface area contributed by atoms with Crippen LogP contribution in [0.3, 0.4) is 0 Å². The lowest BCUT2D eigenvalue weighted by molar-refractivity contribution is -0.121. The Morgan fingerprint density at radius 1 is 1.07 bits per heavy atom. The maximum absolute atomic E-state index is 12.7. The average molecular weight is 401 g/mol. The van der Waals surface area contributed by atoms with E-state index in [0.29, 0.717) is 22.3 Å². The second-order valence-electron chi connectivity index (χ2n) is 5.85. The molecule has 27 heavy (non-hydrogen) atoms. The van der Waals surface area contributed by atoms with Crippen LogP contribution < -0.4 is 10.6 Å². The molecule has 1 atom stereocenters. The fraction of sp³-hybridized carbons (Fsp3) is 0.111. The SMILES string of the molecule is Nc1ccc(-c2nnc(SC3CC(=O)N(c4ccc(Cl)cc4)C3=O)o2)cc1. The fourth-order valence-corrected chi connectivity index (χ4v) is 3.70. The maximum atomic E-state index is 12.7. The van der Waals surface area contributed by atoms with Crippen molar-refractivity contribution < 1.29 is 14.0 Å². The molecule has 9 heteroatoms. The number of nitrogens with zero attached hydrogens (tertiary/aromatic N) is 3. The molecule has 2 heterocycles. The van der Waals surface area contributed by atoms with Crippen LogP contribution in [0.15, 0.2) is 58.2 Å². The summed E-state index contributed by atoms with van der Waals surface area (Å²) < 4.78 is 5.61. The standard InChI is InChI=1S/C18H13ClN4O3S/c19-11-3-7-13(8-4-11)23-15(24)9-14(17(23)25)27-18-22-21-16(26-18)10-1-5-12(20)6-2-10/h1-8,14H,9,20H2. The molecule has 7 nitrogen and oxygen atoms in total. The Bertz CT molecular complexity index is 1000. The van der Waals surface area contributed by atoms with Gasteiger partial charge in [0.25, 0.3) is 5.22 Å². The molecule has 1 aromatic heterocycles. The zero-order chi connectivity index (χ0) is 19.0. The van der Waals surface area contributed by atoms with Gasteiger partial charge in [-0.15, -0.1) is 10.2 Å². The lowest BCUT2D eigenvalue weighted by atomic mass is 10.2. The number of imide groups is 1. The second kappa shape index (κ2) is 7.05. The summed E-state index contributed by atoms with van der Waals surface area (Å²) in [5, 5.41) is 8.09. The van der Waals surface area contributed by atoms with Gasteiger partial charge in [-0.3, -0.25) is 9.59 Å². The predicted octanol–water partition coefficient (Wildman–Crippen LogP) is 3.40. The number of aromatic nitrogens is 2. The van der Waals surface area contributed by atoms with Crippen molar-refractivity contribution in [3.8, 4) is 11.5 Å². The molecule has 0 bridgehead atoms. The van der Waals surface area contributed by atoms with Crippen LogP contribution in [-0.2, 0) is 9.59 Å². The third kappa shape index (κ3) is 3.54. The number of thioether (sulfide) groups is 1. The molecule has 0 aliphatic carbocycles. The molecule has 0 radical (unpaired) electrons. The fourth-order valence-electron chi connectivity index (χ4n) is 2.68. The number of amides is 2. The Balaban J connectivity index is 1.50. The molecule has 2 amide bonds.